The number of aryl methyl sites for hydroxylation is 2. The third kappa shape index (κ3) is 1.17. The van der Waals surface area contributed by atoms with Gasteiger partial charge in [0.15, 0.2) is 0 Å². The van der Waals surface area contributed by atoms with E-state index in [9.17, 15) is 5.11 Å². The smallest absolute Gasteiger partial charge is 0.118 e. The van der Waals surface area contributed by atoms with Crippen LogP contribution in [0.2, 0.25) is 0 Å². The molecule has 1 aliphatic carbocycles. The first kappa shape index (κ1) is 9.08. The summed E-state index contributed by atoms with van der Waals surface area (Å²) in [4.78, 5) is 0. The summed E-state index contributed by atoms with van der Waals surface area (Å²) in [5.41, 5.74) is 2.72. The van der Waals surface area contributed by atoms with Gasteiger partial charge in [-0.3, -0.25) is 0 Å². The first-order valence-corrected chi connectivity index (χ1v) is 4.81. The average Bonchev–Trinajstić information content (AvgIpc) is 2.92. The molecular formula is C12H13NO. The van der Waals surface area contributed by atoms with Crippen LogP contribution in [-0.4, -0.2) is 5.11 Å². The van der Waals surface area contributed by atoms with Crippen molar-refractivity contribution in [3.05, 3.63) is 28.8 Å². The standard InChI is InChI=1S/C12H13NO/c1-8-6-11(14)9(2)5-10(8)12(7-13)3-4-12/h5-6,14H,3-4H2,1-2H3. The Labute approximate surface area is 83.8 Å². The van der Waals surface area contributed by atoms with Gasteiger partial charge in [-0.2, -0.15) is 5.26 Å². The van der Waals surface area contributed by atoms with E-state index in [2.05, 4.69) is 6.07 Å². The third-order valence-corrected chi connectivity index (χ3v) is 3.02. The first-order valence-electron chi connectivity index (χ1n) is 4.81. The van der Waals surface area contributed by atoms with E-state index in [0.717, 1.165) is 29.5 Å². The molecule has 14 heavy (non-hydrogen) atoms. The quantitative estimate of drug-likeness (QED) is 0.734. The summed E-state index contributed by atoms with van der Waals surface area (Å²) in [6, 6.07) is 6.07. The van der Waals surface area contributed by atoms with Crippen molar-refractivity contribution < 1.29 is 5.11 Å². The Morgan fingerprint density at radius 3 is 2.43 bits per heavy atom. The molecule has 1 saturated carbocycles. The molecule has 0 aliphatic heterocycles. The van der Waals surface area contributed by atoms with Crippen LogP contribution in [0.5, 0.6) is 5.75 Å². The van der Waals surface area contributed by atoms with Gasteiger partial charge < -0.3 is 5.11 Å². The summed E-state index contributed by atoms with van der Waals surface area (Å²) in [5.74, 6) is 0.319. The fourth-order valence-corrected chi connectivity index (χ4v) is 1.88. The van der Waals surface area contributed by atoms with Gasteiger partial charge in [0.25, 0.3) is 0 Å². The number of nitriles is 1. The van der Waals surface area contributed by atoms with Crippen molar-refractivity contribution in [1.29, 1.82) is 5.26 Å². The maximum Gasteiger partial charge on any atom is 0.118 e. The average molecular weight is 187 g/mol. The molecule has 0 spiro atoms. The molecule has 1 fully saturated rings. The monoisotopic (exact) mass is 187 g/mol. The van der Waals surface area contributed by atoms with Crippen molar-refractivity contribution in [2.45, 2.75) is 32.1 Å². The second-order valence-corrected chi connectivity index (χ2v) is 4.15. The van der Waals surface area contributed by atoms with Gasteiger partial charge in [-0.05, 0) is 49.4 Å². The molecule has 0 bridgehead atoms. The summed E-state index contributed by atoms with van der Waals surface area (Å²) in [7, 11) is 0. The summed E-state index contributed by atoms with van der Waals surface area (Å²) in [6.45, 7) is 3.82. The summed E-state index contributed by atoms with van der Waals surface area (Å²) >= 11 is 0. The molecule has 72 valence electrons. The van der Waals surface area contributed by atoms with Gasteiger partial charge in [-0.15, -0.1) is 0 Å². The topological polar surface area (TPSA) is 44.0 Å². The lowest BCUT2D eigenvalue weighted by atomic mass is 9.91. The largest absolute Gasteiger partial charge is 0.508 e. The number of hydrogen-bond donors (Lipinski definition) is 1. The molecule has 0 heterocycles. The molecule has 2 nitrogen and oxygen atoms in total. The molecule has 0 unspecified atom stereocenters. The van der Waals surface area contributed by atoms with E-state index in [1.807, 2.05) is 19.9 Å². The maximum atomic E-state index is 9.50. The highest BCUT2D eigenvalue weighted by Crippen LogP contribution is 2.49. The molecule has 0 amide bonds. The molecular weight excluding hydrogens is 174 g/mol. The highest BCUT2D eigenvalue weighted by molar-refractivity contribution is 5.49. The lowest BCUT2D eigenvalue weighted by Gasteiger charge is -2.12. The van der Waals surface area contributed by atoms with E-state index in [0.29, 0.717) is 5.75 Å². The van der Waals surface area contributed by atoms with Gasteiger partial charge in [-0.25, -0.2) is 0 Å². The van der Waals surface area contributed by atoms with Gasteiger partial charge in [0, 0.05) is 0 Å². The number of benzene rings is 1. The van der Waals surface area contributed by atoms with Gasteiger partial charge in [0.05, 0.1) is 11.5 Å². The molecule has 1 aromatic rings. The SMILES string of the molecule is Cc1cc(C2(C#N)CC2)c(C)cc1O. The fourth-order valence-electron chi connectivity index (χ4n) is 1.88. The van der Waals surface area contributed by atoms with Crippen LogP contribution in [0.1, 0.15) is 29.5 Å². The van der Waals surface area contributed by atoms with Crippen LogP contribution >= 0.6 is 0 Å². The molecule has 2 heteroatoms. The van der Waals surface area contributed by atoms with Gasteiger partial charge in [-0.1, -0.05) is 6.07 Å². The molecule has 1 N–H and O–H groups in total. The van der Waals surface area contributed by atoms with Crippen molar-refractivity contribution >= 4 is 0 Å². The van der Waals surface area contributed by atoms with Crippen molar-refractivity contribution in [3.63, 3.8) is 0 Å². The van der Waals surface area contributed by atoms with Gasteiger partial charge in [0.1, 0.15) is 5.75 Å². The van der Waals surface area contributed by atoms with E-state index in [1.165, 1.54) is 0 Å². The maximum absolute atomic E-state index is 9.50. The van der Waals surface area contributed by atoms with Gasteiger partial charge >= 0.3 is 0 Å². The highest BCUT2D eigenvalue weighted by atomic mass is 16.3. The Morgan fingerprint density at radius 2 is 1.93 bits per heavy atom. The van der Waals surface area contributed by atoms with E-state index in [1.54, 1.807) is 6.07 Å². The van der Waals surface area contributed by atoms with E-state index in [-0.39, 0.29) is 5.41 Å². The molecule has 0 saturated heterocycles. The second kappa shape index (κ2) is 2.75. The Hall–Kier alpha value is -1.49. The minimum atomic E-state index is -0.247. The molecule has 1 aliphatic rings. The zero-order valence-corrected chi connectivity index (χ0v) is 8.46. The van der Waals surface area contributed by atoms with E-state index in [4.69, 9.17) is 5.26 Å². The first-order chi connectivity index (χ1) is 6.59. The van der Waals surface area contributed by atoms with Crippen LogP contribution in [0.25, 0.3) is 0 Å². The Kier molecular flexibility index (Phi) is 1.78. The number of nitrogens with zero attached hydrogens (tertiary/aromatic N) is 1. The van der Waals surface area contributed by atoms with E-state index < -0.39 is 0 Å². The number of phenols is 1. The number of hydrogen-bond acceptors (Lipinski definition) is 2. The van der Waals surface area contributed by atoms with Crippen molar-refractivity contribution in [2.75, 3.05) is 0 Å². The summed E-state index contributed by atoms with van der Waals surface area (Å²) < 4.78 is 0. The predicted octanol–water partition coefficient (Wildman–Crippen LogP) is 2.56. The Bertz CT molecular complexity index is 425. The third-order valence-electron chi connectivity index (χ3n) is 3.02. The van der Waals surface area contributed by atoms with Crippen LogP contribution in [0.4, 0.5) is 0 Å². The minimum absolute atomic E-state index is 0.247. The van der Waals surface area contributed by atoms with Crippen LogP contribution < -0.4 is 0 Å². The van der Waals surface area contributed by atoms with Crippen LogP contribution in [-0.2, 0) is 5.41 Å². The van der Waals surface area contributed by atoms with Crippen LogP contribution in [0.15, 0.2) is 12.1 Å². The highest BCUT2D eigenvalue weighted by Gasteiger charge is 2.45. The lowest BCUT2D eigenvalue weighted by Crippen LogP contribution is -2.05. The second-order valence-electron chi connectivity index (χ2n) is 4.15. The summed E-state index contributed by atoms with van der Waals surface area (Å²) in [6.07, 6.45) is 1.91. The lowest BCUT2D eigenvalue weighted by molar-refractivity contribution is 0.470. The normalized spacial score (nSPS) is 17.5. The number of phenolic OH excluding ortho intramolecular Hbond substituents is 1. The Morgan fingerprint density at radius 1 is 1.29 bits per heavy atom. The van der Waals surface area contributed by atoms with Crippen LogP contribution in [0, 0.1) is 25.2 Å². The zero-order valence-electron chi connectivity index (χ0n) is 8.46. The number of aromatic hydroxyl groups is 1. The molecule has 1 aromatic carbocycles. The Balaban J connectivity index is 2.55. The summed E-state index contributed by atoms with van der Waals surface area (Å²) in [5, 5.41) is 18.6. The van der Waals surface area contributed by atoms with Gasteiger partial charge in [0.2, 0.25) is 0 Å². The molecule has 0 aromatic heterocycles. The van der Waals surface area contributed by atoms with Crippen molar-refractivity contribution in [1.82, 2.24) is 0 Å². The fraction of sp³-hybridized carbons (Fsp3) is 0.417. The molecule has 0 radical (unpaired) electrons. The van der Waals surface area contributed by atoms with Crippen molar-refractivity contribution in [2.24, 2.45) is 0 Å². The van der Waals surface area contributed by atoms with E-state index >= 15 is 0 Å². The molecule has 0 atom stereocenters. The zero-order chi connectivity index (χ0) is 10.3. The number of rotatable bonds is 1. The van der Waals surface area contributed by atoms with Crippen molar-refractivity contribution in [3.8, 4) is 11.8 Å². The molecule has 2 rings (SSSR count). The predicted molar refractivity (Wildman–Crippen MR) is 54.1 cm³/mol. The minimum Gasteiger partial charge on any atom is -0.508 e. The van der Waals surface area contributed by atoms with Crippen LogP contribution in [0.3, 0.4) is 0 Å².